The maximum atomic E-state index is 12.4. The summed E-state index contributed by atoms with van der Waals surface area (Å²) in [6.45, 7) is 4.21. The van der Waals surface area contributed by atoms with Crippen molar-refractivity contribution >= 4 is 12.0 Å². The molecule has 0 radical (unpaired) electrons. The highest BCUT2D eigenvalue weighted by molar-refractivity contribution is 5.81. The number of hydrogen-bond acceptors (Lipinski definition) is 3. The van der Waals surface area contributed by atoms with Crippen LogP contribution in [0.25, 0.3) is 0 Å². The zero-order valence-corrected chi connectivity index (χ0v) is 11.0. The van der Waals surface area contributed by atoms with Gasteiger partial charge in [-0.05, 0) is 26.8 Å². The SMILES string of the molecule is CC1CN(C)CCN1C(=O)N(CC(=O)O)C1CC1. The molecular formula is C12H21N3O3. The predicted molar refractivity (Wildman–Crippen MR) is 66.4 cm³/mol. The van der Waals surface area contributed by atoms with Gasteiger partial charge in [-0.2, -0.15) is 0 Å². The van der Waals surface area contributed by atoms with Gasteiger partial charge in [-0.3, -0.25) is 4.79 Å². The fraction of sp³-hybridized carbons (Fsp3) is 0.833. The van der Waals surface area contributed by atoms with Crippen molar-refractivity contribution in [2.75, 3.05) is 33.2 Å². The number of rotatable bonds is 3. The van der Waals surface area contributed by atoms with E-state index in [9.17, 15) is 9.59 Å². The summed E-state index contributed by atoms with van der Waals surface area (Å²) in [4.78, 5) is 28.8. The number of aliphatic carboxylic acids is 1. The Morgan fingerprint density at radius 3 is 2.50 bits per heavy atom. The molecule has 102 valence electrons. The van der Waals surface area contributed by atoms with Gasteiger partial charge in [0.25, 0.3) is 0 Å². The summed E-state index contributed by atoms with van der Waals surface area (Å²) in [6, 6.07) is 0.173. The van der Waals surface area contributed by atoms with E-state index < -0.39 is 5.97 Å². The molecule has 0 bridgehead atoms. The number of carbonyl (C=O) groups excluding carboxylic acids is 1. The molecule has 6 nitrogen and oxygen atoms in total. The van der Waals surface area contributed by atoms with Crippen LogP contribution >= 0.6 is 0 Å². The molecule has 1 saturated heterocycles. The van der Waals surface area contributed by atoms with Gasteiger partial charge in [0.05, 0.1) is 0 Å². The number of carboxylic acids is 1. The van der Waals surface area contributed by atoms with Gasteiger partial charge < -0.3 is 19.8 Å². The lowest BCUT2D eigenvalue weighted by Crippen LogP contribution is -2.57. The number of amides is 2. The Morgan fingerprint density at radius 1 is 1.33 bits per heavy atom. The normalized spacial score (nSPS) is 25.0. The van der Waals surface area contributed by atoms with E-state index in [0.717, 1.165) is 25.9 Å². The third-order valence-electron chi connectivity index (χ3n) is 3.62. The molecule has 1 saturated carbocycles. The average molecular weight is 255 g/mol. The number of urea groups is 1. The van der Waals surface area contributed by atoms with Crippen LogP contribution < -0.4 is 0 Å². The lowest BCUT2D eigenvalue weighted by Gasteiger charge is -2.40. The molecule has 0 aromatic rings. The quantitative estimate of drug-likeness (QED) is 0.787. The first-order valence-corrected chi connectivity index (χ1v) is 6.46. The van der Waals surface area contributed by atoms with E-state index in [4.69, 9.17) is 5.11 Å². The zero-order chi connectivity index (χ0) is 13.3. The maximum absolute atomic E-state index is 12.4. The number of nitrogens with zero attached hydrogens (tertiary/aromatic N) is 3. The van der Waals surface area contributed by atoms with E-state index in [2.05, 4.69) is 4.90 Å². The molecule has 1 aliphatic heterocycles. The Bertz CT molecular complexity index is 343. The largest absolute Gasteiger partial charge is 0.480 e. The molecule has 1 atom stereocenters. The Morgan fingerprint density at radius 2 is 2.00 bits per heavy atom. The van der Waals surface area contributed by atoms with Gasteiger partial charge in [0.2, 0.25) is 0 Å². The van der Waals surface area contributed by atoms with Crippen molar-refractivity contribution in [3.63, 3.8) is 0 Å². The molecular weight excluding hydrogens is 234 g/mol. The average Bonchev–Trinajstić information content (AvgIpc) is 3.08. The zero-order valence-electron chi connectivity index (χ0n) is 11.0. The molecule has 2 fully saturated rings. The lowest BCUT2D eigenvalue weighted by atomic mass is 10.2. The molecule has 0 spiro atoms. The molecule has 2 rings (SSSR count). The molecule has 0 aromatic heterocycles. The second-order valence-electron chi connectivity index (χ2n) is 5.34. The van der Waals surface area contributed by atoms with Gasteiger partial charge in [-0.1, -0.05) is 0 Å². The van der Waals surface area contributed by atoms with E-state index >= 15 is 0 Å². The van der Waals surface area contributed by atoms with Crippen LogP contribution in [0.3, 0.4) is 0 Å². The Hall–Kier alpha value is -1.30. The Labute approximate surface area is 107 Å². The first-order chi connectivity index (χ1) is 8.49. The summed E-state index contributed by atoms with van der Waals surface area (Å²) in [5.74, 6) is -0.933. The number of piperazine rings is 1. The lowest BCUT2D eigenvalue weighted by molar-refractivity contribution is -0.138. The van der Waals surface area contributed by atoms with Gasteiger partial charge in [0.1, 0.15) is 6.54 Å². The number of likely N-dealkylation sites (N-methyl/N-ethyl adjacent to an activating group) is 1. The second-order valence-corrected chi connectivity index (χ2v) is 5.34. The van der Waals surface area contributed by atoms with E-state index in [1.165, 1.54) is 4.90 Å². The van der Waals surface area contributed by atoms with Crippen molar-refractivity contribution in [2.24, 2.45) is 0 Å². The first kappa shape index (κ1) is 13.1. The summed E-state index contributed by atoms with van der Waals surface area (Å²) < 4.78 is 0. The van der Waals surface area contributed by atoms with E-state index in [-0.39, 0.29) is 24.7 Å². The minimum Gasteiger partial charge on any atom is -0.480 e. The summed E-state index contributed by atoms with van der Waals surface area (Å²) >= 11 is 0. The smallest absolute Gasteiger partial charge is 0.323 e. The van der Waals surface area contributed by atoms with Gasteiger partial charge >= 0.3 is 12.0 Å². The summed E-state index contributed by atoms with van der Waals surface area (Å²) in [7, 11) is 2.04. The van der Waals surface area contributed by atoms with E-state index in [1.54, 1.807) is 4.90 Å². The minimum absolute atomic E-state index is 0.111. The van der Waals surface area contributed by atoms with Crippen molar-refractivity contribution in [3.8, 4) is 0 Å². The second kappa shape index (κ2) is 5.14. The van der Waals surface area contributed by atoms with Crippen molar-refractivity contribution in [2.45, 2.75) is 31.8 Å². The molecule has 0 aromatic carbocycles. The van der Waals surface area contributed by atoms with Crippen LogP contribution in [0, 0.1) is 0 Å². The fourth-order valence-corrected chi connectivity index (χ4v) is 2.47. The standard InChI is InChI=1S/C12H21N3O3/c1-9-7-13(2)5-6-14(9)12(18)15(8-11(16)17)10-3-4-10/h9-10H,3-8H2,1-2H3,(H,16,17). The predicted octanol–water partition coefficient (Wildman–Crippen LogP) is 0.291. The van der Waals surface area contributed by atoms with Gasteiger partial charge in [0, 0.05) is 31.7 Å². The van der Waals surface area contributed by atoms with Crippen LogP contribution in [0.5, 0.6) is 0 Å². The van der Waals surface area contributed by atoms with E-state index in [0.29, 0.717) is 6.54 Å². The fourth-order valence-electron chi connectivity index (χ4n) is 2.47. The maximum Gasteiger partial charge on any atom is 0.323 e. The van der Waals surface area contributed by atoms with Crippen LogP contribution in [-0.2, 0) is 4.79 Å². The molecule has 1 aliphatic carbocycles. The van der Waals surface area contributed by atoms with Crippen molar-refractivity contribution in [3.05, 3.63) is 0 Å². The van der Waals surface area contributed by atoms with Crippen LogP contribution in [0.4, 0.5) is 4.79 Å². The van der Waals surface area contributed by atoms with Crippen LogP contribution in [0.1, 0.15) is 19.8 Å². The third kappa shape index (κ3) is 2.93. The molecule has 18 heavy (non-hydrogen) atoms. The summed E-state index contributed by atoms with van der Waals surface area (Å²) in [5.41, 5.74) is 0. The molecule has 1 unspecified atom stereocenters. The van der Waals surface area contributed by atoms with Crippen LogP contribution in [0.15, 0.2) is 0 Å². The Kier molecular flexibility index (Phi) is 3.75. The Balaban J connectivity index is 2.01. The van der Waals surface area contributed by atoms with Crippen molar-refractivity contribution in [1.29, 1.82) is 0 Å². The van der Waals surface area contributed by atoms with E-state index in [1.807, 2.05) is 14.0 Å². The molecule has 1 heterocycles. The number of hydrogen-bond donors (Lipinski definition) is 1. The number of carbonyl (C=O) groups is 2. The highest BCUT2D eigenvalue weighted by atomic mass is 16.4. The minimum atomic E-state index is -0.933. The third-order valence-corrected chi connectivity index (χ3v) is 3.62. The van der Waals surface area contributed by atoms with Crippen LogP contribution in [0.2, 0.25) is 0 Å². The van der Waals surface area contributed by atoms with Gasteiger partial charge in [-0.25, -0.2) is 4.79 Å². The van der Waals surface area contributed by atoms with Crippen molar-refractivity contribution < 1.29 is 14.7 Å². The number of carboxylic acid groups (broad SMARTS) is 1. The highest BCUT2D eigenvalue weighted by Crippen LogP contribution is 2.28. The summed E-state index contributed by atoms with van der Waals surface area (Å²) in [6.07, 6.45) is 1.86. The molecule has 1 N–H and O–H groups in total. The van der Waals surface area contributed by atoms with Gasteiger partial charge in [0.15, 0.2) is 0 Å². The molecule has 6 heteroatoms. The molecule has 2 aliphatic rings. The van der Waals surface area contributed by atoms with Gasteiger partial charge in [-0.15, -0.1) is 0 Å². The topological polar surface area (TPSA) is 64.1 Å². The van der Waals surface area contributed by atoms with Crippen molar-refractivity contribution in [1.82, 2.24) is 14.7 Å². The highest BCUT2D eigenvalue weighted by Gasteiger charge is 2.38. The van der Waals surface area contributed by atoms with Crippen LogP contribution in [-0.4, -0.2) is 77.1 Å². The summed E-state index contributed by atoms with van der Waals surface area (Å²) in [5, 5.41) is 8.90. The molecule has 2 amide bonds. The monoisotopic (exact) mass is 255 g/mol. The first-order valence-electron chi connectivity index (χ1n) is 6.46.